The van der Waals surface area contributed by atoms with Gasteiger partial charge in [0.2, 0.25) is 0 Å². The van der Waals surface area contributed by atoms with E-state index in [9.17, 15) is 14.7 Å². The molecule has 0 radical (unpaired) electrons. The molecular formula is C28H32N4O3. The van der Waals surface area contributed by atoms with Crippen molar-refractivity contribution in [2.45, 2.75) is 70.3 Å². The highest BCUT2D eigenvalue weighted by Crippen LogP contribution is 2.39. The second-order valence-electron chi connectivity index (χ2n) is 10.7. The van der Waals surface area contributed by atoms with Gasteiger partial charge < -0.3 is 15.7 Å². The minimum Gasteiger partial charge on any atom is -0.507 e. The average Bonchev–Trinajstić information content (AvgIpc) is 3.49. The van der Waals surface area contributed by atoms with Gasteiger partial charge in [0.15, 0.2) is 0 Å². The van der Waals surface area contributed by atoms with Gasteiger partial charge in [0.25, 0.3) is 5.91 Å². The molecule has 35 heavy (non-hydrogen) atoms. The van der Waals surface area contributed by atoms with Crippen molar-refractivity contribution < 1.29 is 14.7 Å². The van der Waals surface area contributed by atoms with Gasteiger partial charge in [-0.3, -0.25) is 4.79 Å². The van der Waals surface area contributed by atoms with Crippen molar-refractivity contribution in [2.75, 3.05) is 5.32 Å². The highest BCUT2D eigenvalue weighted by atomic mass is 16.3. The molecule has 0 saturated heterocycles. The number of anilines is 1. The lowest BCUT2D eigenvalue weighted by molar-refractivity contribution is 0.102. The number of aromatic hydroxyl groups is 1. The van der Waals surface area contributed by atoms with E-state index in [4.69, 9.17) is 0 Å². The van der Waals surface area contributed by atoms with Crippen molar-refractivity contribution in [1.82, 2.24) is 15.1 Å². The number of rotatable bonds is 5. The van der Waals surface area contributed by atoms with Crippen molar-refractivity contribution in [3.8, 4) is 17.0 Å². The zero-order chi connectivity index (χ0) is 24.7. The SMILES string of the molecule is CC(C)(C)c1ccc(C(=O)Nc2ccc(O)c(-c3cc(C4CCC4)n(C(=O)NC4CC4)n3)c2)cc1. The lowest BCUT2D eigenvalue weighted by Crippen LogP contribution is -2.33. The van der Waals surface area contributed by atoms with Crippen LogP contribution in [0.5, 0.6) is 5.75 Å². The second-order valence-corrected chi connectivity index (χ2v) is 10.7. The molecule has 2 fully saturated rings. The maximum Gasteiger partial charge on any atom is 0.342 e. The van der Waals surface area contributed by atoms with Gasteiger partial charge >= 0.3 is 6.03 Å². The van der Waals surface area contributed by atoms with E-state index in [1.807, 2.05) is 30.3 Å². The van der Waals surface area contributed by atoms with Crippen molar-refractivity contribution in [1.29, 1.82) is 0 Å². The van der Waals surface area contributed by atoms with E-state index in [2.05, 4.69) is 36.5 Å². The molecule has 0 atom stereocenters. The second kappa shape index (κ2) is 8.87. The highest BCUT2D eigenvalue weighted by Gasteiger charge is 2.30. The number of phenols is 1. The predicted octanol–water partition coefficient (Wildman–Crippen LogP) is 5.79. The van der Waals surface area contributed by atoms with E-state index < -0.39 is 0 Å². The molecule has 0 aliphatic heterocycles. The minimum atomic E-state index is -0.230. The Balaban J connectivity index is 1.39. The fourth-order valence-corrected chi connectivity index (χ4v) is 4.29. The van der Waals surface area contributed by atoms with E-state index in [0.29, 0.717) is 28.4 Å². The first-order valence-electron chi connectivity index (χ1n) is 12.3. The van der Waals surface area contributed by atoms with E-state index in [1.165, 1.54) is 4.68 Å². The first kappa shape index (κ1) is 23.1. The van der Waals surface area contributed by atoms with Crippen molar-refractivity contribution in [3.05, 3.63) is 65.4 Å². The van der Waals surface area contributed by atoms with Crippen LogP contribution in [0.1, 0.15) is 80.4 Å². The molecule has 7 nitrogen and oxygen atoms in total. The molecule has 2 aromatic carbocycles. The highest BCUT2D eigenvalue weighted by molar-refractivity contribution is 6.04. The molecule has 3 aromatic rings. The van der Waals surface area contributed by atoms with Crippen LogP contribution in [-0.2, 0) is 5.41 Å². The summed E-state index contributed by atoms with van der Waals surface area (Å²) in [5.74, 6) is 0.110. The molecule has 7 heteroatoms. The Hall–Kier alpha value is -3.61. The van der Waals surface area contributed by atoms with E-state index in [-0.39, 0.29) is 29.1 Å². The van der Waals surface area contributed by atoms with Crippen LogP contribution in [0.25, 0.3) is 11.3 Å². The molecule has 0 spiro atoms. The maximum atomic E-state index is 12.9. The largest absolute Gasteiger partial charge is 0.507 e. The summed E-state index contributed by atoms with van der Waals surface area (Å²) in [4.78, 5) is 25.7. The van der Waals surface area contributed by atoms with Gasteiger partial charge in [0.05, 0.1) is 11.4 Å². The number of benzene rings is 2. The Morgan fingerprint density at radius 1 is 1.00 bits per heavy atom. The Bertz CT molecular complexity index is 1260. The predicted molar refractivity (Wildman–Crippen MR) is 136 cm³/mol. The van der Waals surface area contributed by atoms with Crippen molar-refractivity contribution >= 4 is 17.6 Å². The molecule has 2 saturated carbocycles. The number of nitrogens with one attached hydrogen (secondary N) is 2. The Kier molecular flexibility index (Phi) is 5.87. The maximum absolute atomic E-state index is 12.9. The lowest BCUT2D eigenvalue weighted by Gasteiger charge is -2.25. The average molecular weight is 473 g/mol. The molecule has 2 aliphatic carbocycles. The topological polar surface area (TPSA) is 96.2 Å². The summed E-state index contributed by atoms with van der Waals surface area (Å²) < 4.78 is 1.46. The quantitative estimate of drug-likeness (QED) is 0.409. The summed E-state index contributed by atoms with van der Waals surface area (Å²) in [6, 6.07) is 14.4. The third kappa shape index (κ3) is 4.94. The number of phenolic OH excluding ortho intramolecular Hbond substituents is 1. The molecule has 3 N–H and O–H groups in total. The molecule has 1 heterocycles. The van der Waals surface area contributed by atoms with Crippen LogP contribution in [0.15, 0.2) is 48.5 Å². The molecule has 0 unspecified atom stereocenters. The van der Waals surface area contributed by atoms with Crippen LogP contribution < -0.4 is 10.6 Å². The molecule has 5 rings (SSSR count). The number of carbonyl (C=O) groups is 2. The van der Waals surface area contributed by atoms with E-state index in [0.717, 1.165) is 43.4 Å². The summed E-state index contributed by atoms with van der Waals surface area (Å²) in [6.07, 6.45) is 5.19. The summed E-state index contributed by atoms with van der Waals surface area (Å²) >= 11 is 0. The van der Waals surface area contributed by atoms with Gasteiger partial charge in [-0.2, -0.15) is 9.78 Å². The van der Waals surface area contributed by atoms with Crippen molar-refractivity contribution in [2.24, 2.45) is 0 Å². The number of carbonyl (C=O) groups excluding carboxylic acids is 2. The first-order valence-corrected chi connectivity index (χ1v) is 12.3. The van der Waals surface area contributed by atoms with E-state index >= 15 is 0 Å². The Morgan fingerprint density at radius 2 is 1.71 bits per heavy atom. The molecule has 2 amide bonds. The van der Waals surface area contributed by atoms with Gasteiger partial charge in [-0.05, 0) is 73.1 Å². The summed E-state index contributed by atoms with van der Waals surface area (Å²) in [5.41, 5.74) is 4.14. The zero-order valence-corrected chi connectivity index (χ0v) is 20.5. The van der Waals surface area contributed by atoms with Gasteiger partial charge in [-0.15, -0.1) is 0 Å². The van der Waals surface area contributed by atoms with Crippen LogP contribution in [0.3, 0.4) is 0 Å². The van der Waals surface area contributed by atoms with Crippen LogP contribution in [0.2, 0.25) is 0 Å². The number of hydrogen-bond acceptors (Lipinski definition) is 4. The number of hydrogen-bond donors (Lipinski definition) is 3. The number of amides is 2. The van der Waals surface area contributed by atoms with E-state index in [1.54, 1.807) is 18.2 Å². The van der Waals surface area contributed by atoms with Gasteiger partial charge in [-0.25, -0.2) is 4.79 Å². The van der Waals surface area contributed by atoms with Gasteiger partial charge in [-0.1, -0.05) is 39.3 Å². The third-order valence-corrected chi connectivity index (χ3v) is 6.90. The molecule has 1 aromatic heterocycles. The van der Waals surface area contributed by atoms with Gasteiger partial charge in [0.1, 0.15) is 5.75 Å². The summed E-state index contributed by atoms with van der Waals surface area (Å²) in [7, 11) is 0. The van der Waals surface area contributed by atoms with Crippen LogP contribution in [-0.4, -0.2) is 32.9 Å². The fraction of sp³-hybridized carbons (Fsp3) is 0.393. The fourth-order valence-electron chi connectivity index (χ4n) is 4.29. The first-order chi connectivity index (χ1) is 16.7. The standard InChI is InChI=1S/C28H32N4O3/c1-28(2,3)19-9-7-18(8-10-19)26(34)29-21-13-14-25(33)22(15-21)23-16-24(17-5-4-6-17)32(31-23)27(35)30-20-11-12-20/h7-10,13-17,20,33H,4-6,11-12H2,1-3H3,(H,29,34)(H,30,35). The van der Waals surface area contributed by atoms with Gasteiger partial charge in [0, 0.05) is 28.8 Å². The zero-order valence-electron chi connectivity index (χ0n) is 20.5. The van der Waals surface area contributed by atoms with Crippen LogP contribution in [0, 0.1) is 0 Å². The van der Waals surface area contributed by atoms with Crippen LogP contribution >= 0.6 is 0 Å². The number of aromatic nitrogens is 2. The molecule has 0 bridgehead atoms. The normalized spacial score (nSPS) is 16.0. The third-order valence-electron chi connectivity index (χ3n) is 6.90. The minimum absolute atomic E-state index is 0.0121. The molecule has 182 valence electrons. The summed E-state index contributed by atoms with van der Waals surface area (Å²) in [6.45, 7) is 6.40. The van der Waals surface area contributed by atoms with Crippen molar-refractivity contribution in [3.63, 3.8) is 0 Å². The lowest BCUT2D eigenvalue weighted by atomic mass is 9.82. The number of nitrogens with zero attached hydrogens (tertiary/aromatic N) is 2. The molecule has 2 aliphatic rings. The smallest absolute Gasteiger partial charge is 0.342 e. The Labute approximate surface area is 205 Å². The van der Waals surface area contributed by atoms with Crippen LogP contribution in [0.4, 0.5) is 10.5 Å². The summed E-state index contributed by atoms with van der Waals surface area (Å²) in [5, 5.41) is 21.1. The molecular weight excluding hydrogens is 440 g/mol. The monoisotopic (exact) mass is 472 g/mol. The Morgan fingerprint density at radius 3 is 2.31 bits per heavy atom.